The molecule has 0 spiro atoms. The molecule has 25 heavy (non-hydrogen) atoms. The number of ether oxygens (including phenoxy) is 2. The molecule has 0 saturated carbocycles. The fourth-order valence-corrected chi connectivity index (χ4v) is 3.07. The van der Waals surface area contributed by atoms with Crippen molar-refractivity contribution in [2.24, 2.45) is 0 Å². The number of hydrogen-bond acceptors (Lipinski definition) is 4. The predicted molar refractivity (Wildman–Crippen MR) is 102 cm³/mol. The van der Waals surface area contributed by atoms with Crippen molar-refractivity contribution in [2.75, 3.05) is 39.3 Å². The average molecular weight is 361 g/mol. The van der Waals surface area contributed by atoms with Crippen LogP contribution in [0.5, 0.6) is 11.5 Å². The Bertz CT molecular complexity index is 687. The second-order valence-corrected chi connectivity index (χ2v) is 6.71. The van der Waals surface area contributed by atoms with Gasteiger partial charge in [-0.2, -0.15) is 0 Å². The van der Waals surface area contributed by atoms with E-state index in [2.05, 4.69) is 10.2 Å². The molecule has 134 valence electrons. The van der Waals surface area contributed by atoms with Gasteiger partial charge in [0, 0.05) is 49.4 Å². The van der Waals surface area contributed by atoms with Crippen LogP contribution in [0.15, 0.2) is 42.5 Å². The third kappa shape index (κ3) is 5.63. The molecule has 0 bridgehead atoms. The lowest BCUT2D eigenvalue weighted by Gasteiger charge is -2.26. The van der Waals surface area contributed by atoms with Crippen molar-refractivity contribution in [3.63, 3.8) is 0 Å². The molecule has 1 fully saturated rings. The van der Waals surface area contributed by atoms with Crippen LogP contribution in [0.25, 0.3) is 0 Å². The van der Waals surface area contributed by atoms with Crippen LogP contribution >= 0.6 is 11.6 Å². The molecule has 0 radical (unpaired) electrons. The smallest absolute Gasteiger partial charge is 0.123 e. The Balaban J connectivity index is 1.53. The molecular formula is C20H25ClN2O2. The van der Waals surface area contributed by atoms with Gasteiger partial charge >= 0.3 is 0 Å². The number of benzene rings is 2. The number of rotatable bonds is 7. The van der Waals surface area contributed by atoms with Gasteiger partial charge in [0.1, 0.15) is 24.7 Å². The maximum Gasteiger partial charge on any atom is 0.123 e. The van der Waals surface area contributed by atoms with Gasteiger partial charge in [0.25, 0.3) is 0 Å². The number of piperazine rings is 1. The Labute approximate surface area is 154 Å². The average Bonchev–Trinajstić information content (AvgIpc) is 2.62. The van der Waals surface area contributed by atoms with Gasteiger partial charge in [0.2, 0.25) is 0 Å². The SMILES string of the molecule is Cc1cc(OCCN2CCNCC2)cc(OCc2ccccc2Cl)c1. The van der Waals surface area contributed by atoms with Gasteiger partial charge in [-0.15, -0.1) is 0 Å². The number of halogens is 1. The topological polar surface area (TPSA) is 33.7 Å². The lowest BCUT2D eigenvalue weighted by atomic mass is 10.2. The van der Waals surface area contributed by atoms with E-state index in [1.165, 1.54) is 0 Å². The summed E-state index contributed by atoms with van der Waals surface area (Å²) in [4.78, 5) is 2.42. The Morgan fingerprint density at radius 1 is 1.04 bits per heavy atom. The highest BCUT2D eigenvalue weighted by molar-refractivity contribution is 6.31. The van der Waals surface area contributed by atoms with Crippen molar-refractivity contribution in [2.45, 2.75) is 13.5 Å². The third-order valence-corrected chi connectivity index (χ3v) is 4.63. The first-order valence-electron chi connectivity index (χ1n) is 8.74. The Morgan fingerprint density at radius 2 is 1.76 bits per heavy atom. The Kier molecular flexibility index (Phi) is 6.56. The Hall–Kier alpha value is -1.75. The lowest BCUT2D eigenvalue weighted by molar-refractivity contribution is 0.191. The molecule has 2 aromatic rings. The summed E-state index contributed by atoms with van der Waals surface area (Å²) in [5.74, 6) is 1.65. The van der Waals surface area contributed by atoms with Crippen molar-refractivity contribution < 1.29 is 9.47 Å². The highest BCUT2D eigenvalue weighted by atomic mass is 35.5. The second-order valence-electron chi connectivity index (χ2n) is 6.30. The maximum absolute atomic E-state index is 6.18. The van der Waals surface area contributed by atoms with E-state index in [4.69, 9.17) is 21.1 Å². The van der Waals surface area contributed by atoms with Crippen LogP contribution in [0.1, 0.15) is 11.1 Å². The molecule has 0 atom stereocenters. The minimum absolute atomic E-state index is 0.448. The van der Waals surface area contributed by atoms with Crippen molar-refractivity contribution >= 4 is 11.6 Å². The third-order valence-electron chi connectivity index (χ3n) is 4.26. The summed E-state index contributed by atoms with van der Waals surface area (Å²) >= 11 is 6.18. The van der Waals surface area contributed by atoms with Crippen LogP contribution in [-0.2, 0) is 6.61 Å². The van der Waals surface area contributed by atoms with Crippen LogP contribution < -0.4 is 14.8 Å². The van der Waals surface area contributed by atoms with Crippen LogP contribution in [0.3, 0.4) is 0 Å². The highest BCUT2D eigenvalue weighted by Crippen LogP contribution is 2.24. The lowest BCUT2D eigenvalue weighted by Crippen LogP contribution is -2.44. The summed E-state index contributed by atoms with van der Waals surface area (Å²) in [5, 5.41) is 4.09. The monoisotopic (exact) mass is 360 g/mol. The van der Waals surface area contributed by atoms with E-state index in [1.54, 1.807) is 0 Å². The molecule has 5 heteroatoms. The number of nitrogens with zero attached hydrogens (tertiary/aromatic N) is 1. The van der Waals surface area contributed by atoms with E-state index in [-0.39, 0.29) is 0 Å². The van der Waals surface area contributed by atoms with Crippen LogP contribution in [0.2, 0.25) is 5.02 Å². The predicted octanol–water partition coefficient (Wildman–Crippen LogP) is 3.51. The highest BCUT2D eigenvalue weighted by Gasteiger charge is 2.09. The van der Waals surface area contributed by atoms with E-state index < -0.39 is 0 Å². The zero-order valence-electron chi connectivity index (χ0n) is 14.6. The van der Waals surface area contributed by atoms with Gasteiger partial charge in [-0.05, 0) is 30.7 Å². The fraction of sp³-hybridized carbons (Fsp3) is 0.400. The molecule has 1 heterocycles. The summed E-state index contributed by atoms with van der Waals surface area (Å²) < 4.78 is 11.8. The van der Waals surface area contributed by atoms with E-state index in [1.807, 2.05) is 49.4 Å². The molecule has 0 aromatic heterocycles. The molecule has 0 amide bonds. The van der Waals surface area contributed by atoms with E-state index in [9.17, 15) is 0 Å². The first kappa shape index (κ1) is 18.1. The maximum atomic E-state index is 6.18. The zero-order chi connectivity index (χ0) is 17.5. The largest absolute Gasteiger partial charge is 0.492 e. The molecule has 1 aliphatic rings. The molecule has 1 aliphatic heterocycles. The molecule has 3 rings (SSSR count). The van der Waals surface area contributed by atoms with E-state index in [0.717, 1.165) is 60.4 Å². The van der Waals surface area contributed by atoms with Crippen molar-refractivity contribution in [1.82, 2.24) is 10.2 Å². The molecule has 4 nitrogen and oxygen atoms in total. The minimum atomic E-state index is 0.448. The quantitative estimate of drug-likeness (QED) is 0.819. The summed E-state index contributed by atoms with van der Waals surface area (Å²) in [6.07, 6.45) is 0. The van der Waals surface area contributed by atoms with Gasteiger partial charge in [-0.1, -0.05) is 29.8 Å². The van der Waals surface area contributed by atoms with E-state index in [0.29, 0.717) is 13.2 Å². The van der Waals surface area contributed by atoms with Gasteiger partial charge < -0.3 is 14.8 Å². The summed E-state index contributed by atoms with van der Waals surface area (Å²) in [5.41, 5.74) is 2.10. The minimum Gasteiger partial charge on any atom is -0.492 e. The molecule has 0 aliphatic carbocycles. The number of aryl methyl sites for hydroxylation is 1. The Morgan fingerprint density at radius 3 is 2.52 bits per heavy atom. The van der Waals surface area contributed by atoms with Crippen molar-refractivity contribution in [3.8, 4) is 11.5 Å². The first-order chi connectivity index (χ1) is 12.2. The van der Waals surface area contributed by atoms with Crippen molar-refractivity contribution in [1.29, 1.82) is 0 Å². The molecule has 1 saturated heterocycles. The normalized spacial score (nSPS) is 15.1. The standard InChI is InChI=1S/C20H25ClN2O2/c1-16-12-18(24-11-10-23-8-6-22-7-9-23)14-19(13-16)25-15-17-4-2-3-5-20(17)21/h2-5,12-14,22H,6-11,15H2,1H3. The van der Waals surface area contributed by atoms with Crippen LogP contribution in [0.4, 0.5) is 0 Å². The molecule has 0 unspecified atom stereocenters. The van der Waals surface area contributed by atoms with Crippen LogP contribution in [0, 0.1) is 6.92 Å². The number of hydrogen-bond donors (Lipinski definition) is 1. The molecule has 1 N–H and O–H groups in total. The summed E-state index contributed by atoms with van der Waals surface area (Å²) in [6, 6.07) is 13.7. The van der Waals surface area contributed by atoms with Gasteiger partial charge in [0.15, 0.2) is 0 Å². The van der Waals surface area contributed by atoms with Gasteiger partial charge in [-0.25, -0.2) is 0 Å². The second kappa shape index (κ2) is 9.09. The van der Waals surface area contributed by atoms with Gasteiger partial charge in [-0.3, -0.25) is 4.90 Å². The fourth-order valence-electron chi connectivity index (χ4n) is 2.88. The van der Waals surface area contributed by atoms with Crippen LogP contribution in [-0.4, -0.2) is 44.2 Å². The first-order valence-corrected chi connectivity index (χ1v) is 9.12. The van der Waals surface area contributed by atoms with Gasteiger partial charge in [0.05, 0.1) is 0 Å². The zero-order valence-corrected chi connectivity index (χ0v) is 15.4. The number of nitrogens with one attached hydrogen (secondary N) is 1. The molecule has 2 aromatic carbocycles. The van der Waals surface area contributed by atoms with Crippen molar-refractivity contribution in [3.05, 3.63) is 58.6 Å². The summed E-state index contributed by atoms with van der Waals surface area (Å²) in [7, 11) is 0. The molecular weight excluding hydrogens is 336 g/mol. The summed E-state index contributed by atoms with van der Waals surface area (Å²) in [6.45, 7) is 8.43. The van der Waals surface area contributed by atoms with E-state index >= 15 is 0 Å².